The van der Waals surface area contributed by atoms with Gasteiger partial charge in [-0.2, -0.15) is 0 Å². The van der Waals surface area contributed by atoms with Crippen molar-refractivity contribution in [1.29, 1.82) is 0 Å². The third kappa shape index (κ3) is 3.32. The second-order valence-corrected chi connectivity index (χ2v) is 5.94. The first kappa shape index (κ1) is 15.4. The molecular weight excluding hydrogens is 299 g/mol. The molecule has 2 aromatic rings. The largest absolute Gasteiger partial charge is 0.396 e. The molecule has 1 amide bonds. The van der Waals surface area contributed by atoms with E-state index in [1.807, 2.05) is 0 Å². The molecular formula is C17H17FN2O3. The highest BCUT2D eigenvalue weighted by atomic mass is 19.1. The number of amides is 1. The summed E-state index contributed by atoms with van der Waals surface area (Å²) in [5, 5.41) is 12.0. The highest BCUT2D eigenvalue weighted by molar-refractivity contribution is 5.94. The summed E-state index contributed by atoms with van der Waals surface area (Å²) in [6.07, 6.45) is 3.24. The molecule has 1 aliphatic carbocycles. The van der Waals surface area contributed by atoms with Gasteiger partial charge in [0.2, 0.25) is 0 Å². The van der Waals surface area contributed by atoms with Crippen LogP contribution in [0.4, 0.5) is 4.39 Å². The zero-order valence-electron chi connectivity index (χ0n) is 12.5. The molecule has 0 unspecified atom stereocenters. The number of hydrogen-bond donors (Lipinski definition) is 2. The minimum absolute atomic E-state index is 0.0579. The number of carbonyl (C=O) groups excluding carboxylic acids is 1. The van der Waals surface area contributed by atoms with Crippen LogP contribution >= 0.6 is 0 Å². The van der Waals surface area contributed by atoms with Gasteiger partial charge in [-0.1, -0.05) is 0 Å². The van der Waals surface area contributed by atoms with Crippen molar-refractivity contribution in [2.24, 2.45) is 5.41 Å². The van der Waals surface area contributed by atoms with E-state index in [2.05, 4.69) is 5.32 Å². The Balaban J connectivity index is 1.81. The maximum atomic E-state index is 13.0. The van der Waals surface area contributed by atoms with Crippen molar-refractivity contribution in [1.82, 2.24) is 9.88 Å². The van der Waals surface area contributed by atoms with Crippen LogP contribution in [0.2, 0.25) is 0 Å². The van der Waals surface area contributed by atoms with Gasteiger partial charge in [0.15, 0.2) is 0 Å². The summed E-state index contributed by atoms with van der Waals surface area (Å²) < 4.78 is 14.3. The van der Waals surface area contributed by atoms with Crippen LogP contribution in [-0.2, 0) is 0 Å². The summed E-state index contributed by atoms with van der Waals surface area (Å²) >= 11 is 0. The van der Waals surface area contributed by atoms with Gasteiger partial charge in [-0.15, -0.1) is 0 Å². The first-order valence-corrected chi connectivity index (χ1v) is 7.41. The van der Waals surface area contributed by atoms with E-state index >= 15 is 0 Å². The number of pyridine rings is 1. The van der Waals surface area contributed by atoms with E-state index in [-0.39, 0.29) is 23.5 Å². The third-order valence-electron chi connectivity index (χ3n) is 4.19. The second kappa shape index (κ2) is 5.96. The number of aromatic nitrogens is 1. The van der Waals surface area contributed by atoms with Crippen LogP contribution in [0.15, 0.2) is 47.4 Å². The molecule has 1 heterocycles. The number of halogens is 1. The van der Waals surface area contributed by atoms with Gasteiger partial charge in [0.05, 0.1) is 12.2 Å². The highest BCUT2D eigenvalue weighted by Gasteiger charge is 2.42. The minimum atomic E-state index is -0.394. The number of rotatable bonds is 5. The van der Waals surface area contributed by atoms with Gasteiger partial charge in [-0.25, -0.2) is 4.39 Å². The fraction of sp³-hybridized carbons (Fsp3) is 0.294. The molecule has 1 saturated carbocycles. The third-order valence-corrected chi connectivity index (χ3v) is 4.19. The minimum Gasteiger partial charge on any atom is -0.396 e. The van der Waals surface area contributed by atoms with E-state index in [1.165, 1.54) is 47.2 Å². The Labute approximate surface area is 132 Å². The Morgan fingerprint density at radius 2 is 1.91 bits per heavy atom. The summed E-state index contributed by atoms with van der Waals surface area (Å²) in [6, 6.07) is 8.22. The molecule has 0 aliphatic heterocycles. The molecule has 5 nitrogen and oxygen atoms in total. The van der Waals surface area contributed by atoms with Gasteiger partial charge in [0.1, 0.15) is 5.82 Å². The summed E-state index contributed by atoms with van der Waals surface area (Å²) in [6.45, 7) is 0.473. The molecule has 23 heavy (non-hydrogen) atoms. The Morgan fingerprint density at radius 1 is 1.22 bits per heavy atom. The van der Waals surface area contributed by atoms with Crippen LogP contribution in [0, 0.1) is 11.2 Å². The van der Waals surface area contributed by atoms with Crippen molar-refractivity contribution in [3.05, 3.63) is 64.3 Å². The molecule has 1 aromatic heterocycles. The lowest BCUT2D eigenvalue weighted by Gasteiger charge is -2.13. The summed E-state index contributed by atoms with van der Waals surface area (Å²) in [5.74, 6) is -0.699. The summed E-state index contributed by atoms with van der Waals surface area (Å²) in [7, 11) is 0. The maximum absolute atomic E-state index is 13.0. The first-order chi connectivity index (χ1) is 11.0. The molecule has 6 heteroatoms. The number of benzene rings is 1. The molecule has 0 radical (unpaired) electrons. The van der Waals surface area contributed by atoms with Gasteiger partial charge in [-0.3, -0.25) is 14.2 Å². The molecule has 0 atom stereocenters. The topological polar surface area (TPSA) is 71.3 Å². The Morgan fingerprint density at radius 3 is 2.52 bits per heavy atom. The predicted octanol–water partition coefficient (Wildman–Crippen LogP) is 1.48. The van der Waals surface area contributed by atoms with Crippen molar-refractivity contribution in [2.75, 3.05) is 13.2 Å². The van der Waals surface area contributed by atoms with Crippen molar-refractivity contribution in [3.8, 4) is 5.69 Å². The quantitative estimate of drug-likeness (QED) is 0.878. The number of aliphatic hydroxyl groups excluding tert-OH is 1. The average Bonchev–Trinajstić information content (AvgIpc) is 3.35. The monoisotopic (exact) mass is 316 g/mol. The zero-order valence-corrected chi connectivity index (χ0v) is 12.5. The molecule has 1 aliphatic rings. The zero-order chi connectivity index (χ0) is 16.4. The van der Waals surface area contributed by atoms with Crippen molar-refractivity contribution in [2.45, 2.75) is 12.8 Å². The molecule has 2 N–H and O–H groups in total. The van der Waals surface area contributed by atoms with Gasteiger partial charge in [-0.05, 0) is 43.2 Å². The lowest BCUT2D eigenvalue weighted by atomic mass is 10.1. The van der Waals surface area contributed by atoms with Crippen molar-refractivity contribution in [3.63, 3.8) is 0 Å². The van der Waals surface area contributed by atoms with Crippen LogP contribution in [0.25, 0.3) is 5.69 Å². The molecule has 1 fully saturated rings. The fourth-order valence-corrected chi connectivity index (χ4v) is 2.36. The summed E-state index contributed by atoms with van der Waals surface area (Å²) in [5.41, 5.74) is 0.339. The van der Waals surface area contributed by atoms with Gasteiger partial charge in [0, 0.05) is 29.9 Å². The van der Waals surface area contributed by atoms with E-state index < -0.39 is 5.82 Å². The van der Waals surface area contributed by atoms with E-state index in [9.17, 15) is 19.1 Å². The average molecular weight is 316 g/mol. The first-order valence-electron chi connectivity index (χ1n) is 7.41. The Bertz CT molecular complexity index is 779. The summed E-state index contributed by atoms with van der Waals surface area (Å²) in [4.78, 5) is 24.2. The Hall–Kier alpha value is -2.47. The van der Waals surface area contributed by atoms with Gasteiger partial charge >= 0.3 is 0 Å². The maximum Gasteiger partial charge on any atom is 0.255 e. The number of carbonyl (C=O) groups is 1. The second-order valence-electron chi connectivity index (χ2n) is 5.94. The molecule has 0 spiro atoms. The number of hydrogen-bond acceptors (Lipinski definition) is 3. The number of aliphatic hydroxyl groups is 1. The molecule has 3 rings (SSSR count). The number of nitrogens with zero attached hydrogens (tertiary/aromatic N) is 1. The Kier molecular flexibility index (Phi) is 4.00. The fourth-order valence-electron chi connectivity index (χ4n) is 2.36. The van der Waals surface area contributed by atoms with E-state index in [0.717, 1.165) is 12.8 Å². The van der Waals surface area contributed by atoms with E-state index in [1.54, 1.807) is 0 Å². The molecule has 120 valence electrons. The smallest absolute Gasteiger partial charge is 0.255 e. The lowest BCUT2D eigenvalue weighted by molar-refractivity contribution is 0.0934. The molecule has 0 saturated heterocycles. The van der Waals surface area contributed by atoms with Gasteiger partial charge in [0.25, 0.3) is 11.5 Å². The standard InChI is InChI=1S/C17H17FN2O3/c18-13-2-4-14(5-3-13)20-9-12(1-6-15(20)22)16(23)19-10-17(11-21)7-8-17/h1-6,9,21H,7-8,10-11H2,(H,19,23). The van der Waals surface area contributed by atoms with Crippen LogP contribution < -0.4 is 10.9 Å². The molecule has 1 aromatic carbocycles. The highest BCUT2D eigenvalue weighted by Crippen LogP contribution is 2.44. The van der Waals surface area contributed by atoms with Crippen LogP contribution in [0.1, 0.15) is 23.2 Å². The van der Waals surface area contributed by atoms with E-state index in [0.29, 0.717) is 17.8 Å². The van der Waals surface area contributed by atoms with Gasteiger partial charge < -0.3 is 10.4 Å². The normalized spacial score (nSPS) is 15.2. The van der Waals surface area contributed by atoms with Crippen LogP contribution in [0.3, 0.4) is 0 Å². The van der Waals surface area contributed by atoms with Crippen LogP contribution in [0.5, 0.6) is 0 Å². The lowest BCUT2D eigenvalue weighted by Crippen LogP contribution is -2.32. The number of nitrogens with one attached hydrogen (secondary N) is 1. The van der Waals surface area contributed by atoms with E-state index in [4.69, 9.17) is 0 Å². The van der Waals surface area contributed by atoms with Crippen LogP contribution in [-0.4, -0.2) is 28.7 Å². The van der Waals surface area contributed by atoms with Crippen molar-refractivity contribution >= 4 is 5.91 Å². The molecule has 0 bridgehead atoms. The SMILES string of the molecule is O=C(NCC1(CO)CC1)c1ccc(=O)n(-c2ccc(F)cc2)c1. The predicted molar refractivity (Wildman–Crippen MR) is 83.1 cm³/mol. The van der Waals surface area contributed by atoms with Crippen molar-refractivity contribution < 1.29 is 14.3 Å².